The monoisotopic (exact) mass is 416 g/mol. The van der Waals surface area contributed by atoms with E-state index >= 15 is 0 Å². The molecule has 0 aliphatic carbocycles. The van der Waals surface area contributed by atoms with Crippen LogP contribution in [0.25, 0.3) is 0 Å². The predicted octanol–water partition coefficient (Wildman–Crippen LogP) is 1.93. The summed E-state index contributed by atoms with van der Waals surface area (Å²) in [6.45, 7) is 0. The summed E-state index contributed by atoms with van der Waals surface area (Å²) < 4.78 is 1.38. The first-order valence-corrected chi connectivity index (χ1v) is 5.51. The Bertz CT molecular complexity index is 379. The van der Waals surface area contributed by atoms with Crippen molar-refractivity contribution in [1.29, 1.82) is 0 Å². The summed E-state index contributed by atoms with van der Waals surface area (Å²) in [6.07, 6.45) is 0. The number of carbonyl (C=O) groups is 2. The molecule has 0 fully saturated rings. The van der Waals surface area contributed by atoms with Crippen LogP contribution in [0, 0.1) is 0 Å². The van der Waals surface area contributed by atoms with Crippen LogP contribution in [0.4, 0.5) is 0 Å². The third-order valence-electron chi connectivity index (χ3n) is 1.55. The first-order chi connectivity index (χ1) is 6.52. The molecule has 0 aliphatic rings. The molecule has 0 radical (unpaired) electrons. The van der Waals surface area contributed by atoms with Gasteiger partial charge in [-0.05, 0) is 18.2 Å². The third kappa shape index (κ3) is 2.80. The SMILES string of the molecule is NC(=O)c1cccc(C(=O)N(I)I)c1. The number of halogens is 2. The van der Waals surface area contributed by atoms with Crippen LogP contribution in [-0.4, -0.2) is 13.1 Å². The van der Waals surface area contributed by atoms with Gasteiger partial charge in [0.15, 0.2) is 0 Å². The highest BCUT2D eigenvalue weighted by Crippen LogP contribution is 2.15. The Balaban J connectivity index is 3.06. The molecule has 0 bridgehead atoms. The average Bonchev–Trinajstić information content (AvgIpc) is 2.16. The normalized spacial score (nSPS) is 9.57. The molecule has 14 heavy (non-hydrogen) atoms. The number of benzene rings is 1. The number of carbonyl (C=O) groups excluding carboxylic acids is 2. The van der Waals surface area contributed by atoms with E-state index in [1.165, 1.54) is 7.39 Å². The molecule has 1 rings (SSSR count). The molecule has 0 heterocycles. The van der Waals surface area contributed by atoms with Crippen LogP contribution in [0.15, 0.2) is 24.3 Å². The van der Waals surface area contributed by atoms with E-state index in [1.807, 2.05) is 45.7 Å². The fraction of sp³-hybridized carbons (Fsp3) is 0. The molecule has 1 aromatic carbocycles. The topological polar surface area (TPSA) is 63.4 Å². The number of nitrogens with zero attached hydrogens (tertiary/aromatic N) is 1. The van der Waals surface area contributed by atoms with Crippen LogP contribution in [0.2, 0.25) is 0 Å². The van der Waals surface area contributed by atoms with Crippen molar-refractivity contribution >= 4 is 57.5 Å². The van der Waals surface area contributed by atoms with Gasteiger partial charge in [0.05, 0.1) is 45.7 Å². The van der Waals surface area contributed by atoms with E-state index in [-0.39, 0.29) is 5.91 Å². The van der Waals surface area contributed by atoms with Crippen LogP contribution in [0.5, 0.6) is 0 Å². The summed E-state index contributed by atoms with van der Waals surface area (Å²) in [5, 5.41) is 0. The molecule has 0 atom stereocenters. The van der Waals surface area contributed by atoms with E-state index in [0.717, 1.165) is 0 Å². The van der Waals surface area contributed by atoms with Gasteiger partial charge >= 0.3 is 0 Å². The minimum atomic E-state index is -0.534. The van der Waals surface area contributed by atoms with Crippen molar-refractivity contribution in [3.63, 3.8) is 0 Å². The maximum absolute atomic E-state index is 11.5. The van der Waals surface area contributed by atoms with Crippen molar-refractivity contribution in [1.82, 2.24) is 1.33 Å². The van der Waals surface area contributed by atoms with Crippen LogP contribution in [-0.2, 0) is 0 Å². The lowest BCUT2D eigenvalue weighted by Crippen LogP contribution is -2.14. The first-order valence-electron chi connectivity index (χ1n) is 3.58. The first kappa shape index (κ1) is 11.7. The lowest BCUT2D eigenvalue weighted by molar-refractivity contribution is 0.0952. The van der Waals surface area contributed by atoms with Crippen molar-refractivity contribution in [3.8, 4) is 0 Å². The van der Waals surface area contributed by atoms with Crippen LogP contribution in [0.3, 0.4) is 0 Å². The summed E-state index contributed by atoms with van der Waals surface area (Å²) in [5.74, 6) is -0.706. The highest BCUT2D eigenvalue weighted by molar-refractivity contribution is 14.2. The molecule has 1 aromatic rings. The second-order valence-corrected chi connectivity index (χ2v) is 6.26. The second-order valence-electron chi connectivity index (χ2n) is 2.48. The fourth-order valence-corrected chi connectivity index (χ4v) is 1.46. The number of nitrogens with two attached hydrogens (primary N) is 1. The van der Waals surface area contributed by atoms with E-state index in [2.05, 4.69) is 0 Å². The Kier molecular flexibility index (Phi) is 4.11. The fourth-order valence-electron chi connectivity index (χ4n) is 0.903. The zero-order valence-corrected chi connectivity index (χ0v) is 11.2. The van der Waals surface area contributed by atoms with E-state index in [4.69, 9.17) is 5.73 Å². The molecule has 0 aliphatic heterocycles. The van der Waals surface area contributed by atoms with Gasteiger partial charge in [-0.3, -0.25) is 9.59 Å². The Morgan fingerprint density at radius 3 is 2.29 bits per heavy atom. The number of hydrogen-bond acceptors (Lipinski definition) is 2. The lowest BCUT2D eigenvalue weighted by atomic mass is 10.1. The van der Waals surface area contributed by atoms with Crippen molar-refractivity contribution < 1.29 is 9.59 Å². The summed E-state index contributed by atoms with van der Waals surface area (Å²) in [4.78, 5) is 22.3. The zero-order chi connectivity index (χ0) is 10.7. The van der Waals surface area contributed by atoms with Crippen molar-refractivity contribution in [2.45, 2.75) is 0 Å². The number of amides is 2. The molecule has 2 amide bonds. The highest BCUT2D eigenvalue weighted by atomic mass is 127. The van der Waals surface area contributed by atoms with Crippen LogP contribution >= 0.6 is 45.7 Å². The molecule has 4 nitrogen and oxygen atoms in total. The minimum Gasteiger partial charge on any atom is -0.366 e. The van der Waals surface area contributed by atoms with E-state index < -0.39 is 5.91 Å². The molecular weight excluding hydrogens is 410 g/mol. The Morgan fingerprint density at radius 1 is 1.21 bits per heavy atom. The van der Waals surface area contributed by atoms with Crippen LogP contribution < -0.4 is 5.73 Å². The molecule has 74 valence electrons. The van der Waals surface area contributed by atoms with Gasteiger partial charge in [0.1, 0.15) is 0 Å². The van der Waals surface area contributed by atoms with Gasteiger partial charge in [0, 0.05) is 11.1 Å². The van der Waals surface area contributed by atoms with E-state index in [1.54, 1.807) is 18.2 Å². The number of rotatable bonds is 2. The van der Waals surface area contributed by atoms with Gasteiger partial charge in [-0.2, -0.15) is 0 Å². The zero-order valence-electron chi connectivity index (χ0n) is 6.91. The molecule has 0 unspecified atom stereocenters. The Hall–Kier alpha value is -0.380. The molecule has 2 N–H and O–H groups in total. The largest absolute Gasteiger partial charge is 0.366 e. The van der Waals surface area contributed by atoms with Gasteiger partial charge in [-0.25, -0.2) is 1.33 Å². The molecule has 0 aromatic heterocycles. The smallest absolute Gasteiger partial charge is 0.271 e. The summed E-state index contributed by atoms with van der Waals surface area (Å²) in [7, 11) is 0. The third-order valence-corrected chi connectivity index (χ3v) is 2.42. The maximum Gasteiger partial charge on any atom is 0.271 e. The van der Waals surface area contributed by atoms with Gasteiger partial charge in [-0.15, -0.1) is 0 Å². The molecule has 0 saturated carbocycles. The lowest BCUT2D eigenvalue weighted by Gasteiger charge is -2.05. The predicted molar refractivity (Wildman–Crippen MR) is 69.2 cm³/mol. The van der Waals surface area contributed by atoms with Crippen LogP contribution in [0.1, 0.15) is 20.7 Å². The molecule has 6 heteroatoms. The number of primary amides is 1. The summed E-state index contributed by atoms with van der Waals surface area (Å²) in [6, 6.07) is 6.32. The van der Waals surface area contributed by atoms with Crippen molar-refractivity contribution in [3.05, 3.63) is 35.4 Å². The second kappa shape index (κ2) is 4.91. The molecular formula is C8H6I2N2O2. The van der Waals surface area contributed by atoms with Crippen molar-refractivity contribution in [2.75, 3.05) is 0 Å². The summed E-state index contributed by atoms with van der Waals surface area (Å²) >= 11 is 3.71. The Labute approximate surface area is 109 Å². The average molecular weight is 416 g/mol. The summed E-state index contributed by atoms with van der Waals surface area (Å²) in [5.41, 5.74) is 5.88. The quantitative estimate of drug-likeness (QED) is 0.592. The van der Waals surface area contributed by atoms with Gasteiger partial charge in [-0.1, -0.05) is 6.07 Å². The maximum atomic E-state index is 11.5. The van der Waals surface area contributed by atoms with E-state index in [0.29, 0.717) is 11.1 Å². The Morgan fingerprint density at radius 2 is 1.79 bits per heavy atom. The molecule has 0 spiro atoms. The highest BCUT2D eigenvalue weighted by Gasteiger charge is 2.11. The van der Waals surface area contributed by atoms with Gasteiger partial charge in [0.2, 0.25) is 5.91 Å². The van der Waals surface area contributed by atoms with Gasteiger partial charge in [0.25, 0.3) is 5.91 Å². The minimum absolute atomic E-state index is 0.172. The van der Waals surface area contributed by atoms with E-state index in [9.17, 15) is 9.59 Å². The van der Waals surface area contributed by atoms with Crippen molar-refractivity contribution in [2.24, 2.45) is 5.73 Å². The van der Waals surface area contributed by atoms with Gasteiger partial charge < -0.3 is 5.73 Å². The molecule has 0 saturated heterocycles. The standard InChI is InChI=1S/C8H6I2N2O2/c9-12(10)8(14)6-3-1-2-5(4-6)7(11)13/h1-4H,(H2,11,13). The number of hydrogen-bond donors (Lipinski definition) is 1.